The summed E-state index contributed by atoms with van der Waals surface area (Å²) in [5.74, 6) is -0.645. The normalized spacial score (nSPS) is 12.2. The van der Waals surface area contributed by atoms with E-state index in [2.05, 4.69) is 0 Å². The van der Waals surface area contributed by atoms with Crippen LogP contribution in [0.5, 0.6) is 0 Å². The fourth-order valence-electron chi connectivity index (χ4n) is 2.16. The average Bonchev–Trinajstić information content (AvgIpc) is 3.03. The van der Waals surface area contributed by atoms with Crippen LogP contribution in [0.25, 0.3) is 0 Å². The summed E-state index contributed by atoms with van der Waals surface area (Å²) in [6.07, 6.45) is 0. The molecule has 1 N–H and O–H groups in total. The van der Waals surface area contributed by atoms with Gasteiger partial charge in [-0.25, -0.2) is 4.79 Å². The third kappa shape index (κ3) is 3.51. The minimum absolute atomic E-state index is 0.0792. The van der Waals surface area contributed by atoms with E-state index in [0.717, 1.165) is 4.88 Å². The van der Waals surface area contributed by atoms with Crippen LogP contribution in [0.1, 0.15) is 39.6 Å². The van der Waals surface area contributed by atoms with Gasteiger partial charge in [-0.2, -0.15) is 0 Å². The Kier molecular flexibility index (Phi) is 4.93. The molecule has 7 heteroatoms. The quantitative estimate of drug-likeness (QED) is 0.898. The van der Waals surface area contributed by atoms with Crippen molar-refractivity contribution in [1.29, 1.82) is 0 Å². The molecule has 2 aromatic rings. The van der Waals surface area contributed by atoms with Gasteiger partial charge < -0.3 is 14.4 Å². The number of carboxylic acids is 1. The largest absolute Gasteiger partial charge is 0.478 e. The van der Waals surface area contributed by atoms with Crippen LogP contribution in [-0.2, 0) is 11.3 Å². The van der Waals surface area contributed by atoms with Gasteiger partial charge in [0.15, 0.2) is 0 Å². The molecule has 0 radical (unpaired) electrons. The van der Waals surface area contributed by atoms with Crippen molar-refractivity contribution in [3.63, 3.8) is 0 Å². The van der Waals surface area contributed by atoms with Crippen LogP contribution in [0.4, 0.5) is 0 Å². The molecule has 1 amide bonds. The van der Waals surface area contributed by atoms with Crippen molar-refractivity contribution in [3.8, 4) is 0 Å². The average molecular weight is 342 g/mol. The first kappa shape index (κ1) is 16.6. The molecule has 0 saturated carbocycles. The standard InChI is InChI=1S/C15H16ClNO4S/c1-8(12-4-5-13(16)22-12)14(18)17(3)7-10-6-11(15(19)20)9(2)21-10/h4-6,8H,7H2,1-3H3,(H,19,20). The number of aromatic carboxylic acids is 1. The molecule has 0 spiro atoms. The van der Waals surface area contributed by atoms with Gasteiger partial charge >= 0.3 is 5.97 Å². The summed E-state index contributed by atoms with van der Waals surface area (Å²) < 4.78 is 6.04. The molecule has 118 valence electrons. The molecule has 0 aliphatic rings. The van der Waals surface area contributed by atoms with Gasteiger partial charge in [-0.3, -0.25) is 4.79 Å². The summed E-state index contributed by atoms with van der Waals surface area (Å²) >= 11 is 7.27. The highest BCUT2D eigenvalue weighted by molar-refractivity contribution is 7.16. The highest BCUT2D eigenvalue weighted by atomic mass is 35.5. The van der Waals surface area contributed by atoms with E-state index in [0.29, 0.717) is 15.9 Å². The molecule has 2 heterocycles. The van der Waals surface area contributed by atoms with Gasteiger partial charge in [0, 0.05) is 11.9 Å². The molecular weight excluding hydrogens is 326 g/mol. The topological polar surface area (TPSA) is 70.8 Å². The lowest BCUT2D eigenvalue weighted by atomic mass is 10.1. The Hall–Kier alpha value is -1.79. The maximum Gasteiger partial charge on any atom is 0.339 e. The SMILES string of the molecule is Cc1oc(CN(C)C(=O)C(C)c2ccc(Cl)s2)cc1C(=O)O. The molecule has 22 heavy (non-hydrogen) atoms. The summed E-state index contributed by atoms with van der Waals surface area (Å²) in [5, 5.41) is 9.01. The number of likely N-dealkylation sites (N-methyl/N-ethyl adjacent to an activating group) is 1. The Balaban J connectivity index is 2.08. The molecule has 0 aromatic carbocycles. The van der Waals surface area contributed by atoms with Gasteiger partial charge in [0.25, 0.3) is 0 Å². The van der Waals surface area contributed by atoms with Gasteiger partial charge in [-0.15, -0.1) is 11.3 Å². The second-order valence-corrected chi connectivity index (χ2v) is 6.79. The van der Waals surface area contributed by atoms with Gasteiger partial charge in [-0.1, -0.05) is 11.6 Å². The summed E-state index contributed by atoms with van der Waals surface area (Å²) in [5.41, 5.74) is 0.119. The number of carbonyl (C=O) groups is 2. The zero-order valence-electron chi connectivity index (χ0n) is 12.4. The minimum Gasteiger partial charge on any atom is -0.478 e. The zero-order chi connectivity index (χ0) is 16.4. The van der Waals surface area contributed by atoms with Crippen molar-refractivity contribution >= 4 is 34.8 Å². The number of hydrogen-bond acceptors (Lipinski definition) is 4. The van der Waals surface area contributed by atoms with Crippen molar-refractivity contribution in [2.24, 2.45) is 0 Å². The first-order valence-electron chi connectivity index (χ1n) is 6.62. The van der Waals surface area contributed by atoms with Crippen LogP contribution in [-0.4, -0.2) is 28.9 Å². The Morgan fingerprint density at radius 1 is 1.45 bits per heavy atom. The summed E-state index contributed by atoms with van der Waals surface area (Å²) in [6.45, 7) is 3.62. The van der Waals surface area contributed by atoms with E-state index < -0.39 is 5.97 Å². The molecule has 1 atom stereocenters. The van der Waals surface area contributed by atoms with E-state index >= 15 is 0 Å². The van der Waals surface area contributed by atoms with Crippen LogP contribution in [0.2, 0.25) is 4.34 Å². The maximum atomic E-state index is 12.4. The van der Waals surface area contributed by atoms with Crippen LogP contribution in [0.15, 0.2) is 22.6 Å². The van der Waals surface area contributed by atoms with E-state index in [1.165, 1.54) is 22.3 Å². The summed E-state index contributed by atoms with van der Waals surface area (Å²) in [6, 6.07) is 5.05. The van der Waals surface area contributed by atoms with Crippen LogP contribution < -0.4 is 0 Å². The molecule has 0 saturated heterocycles. The lowest BCUT2D eigenvalue weighted by Crippen LogP contribution is -2.29. The maximum absolute atomic E-state index is 12.4. The Morgan fingerprint density at radius 2 is 2.14 bits per heavy atom. The molecular formula is C15H16ClNO4S. The number of thiophene rings is 1. The zero-order valence-corrected chi connectivity index (χ0v) is 14.0. The molecule has 2 rings (SSSR count). The van der Waals surface area contributed by atoms with E-state index in [-0.39, 0.29) is 23.9 Å². The number of rotatable bonds is 5. The number of halogens is 1. The number of aryl methyl sites for hydroxylation is 1. The Bertz CT molecular complexity index is 706. The van der Waals surface area contributed by atoms with Crippen LogP contribution >= 0.6 is 22.9 Å². The van der Waals surface area contributed by atoms with Crippen molar-refractivity contribution in [2.45, 2.75) is 26.3 Å². The first-order valence-corrected chi connectivity index (χ1v) is 7.82. The molecule has 0 aliphatic heterocycles. The van der Waals surface area contributed by atoms with Gasteiger partial charge in [0.1, 0.15) is 17.1 Å². The smallest absolute Gasteiger partial charge is 0.339 e. The van der Waals surface area contributed by atoms with Crippen molar-refractivity contribution in [1.82, 2.24) is 4.90 Å². The van der Waals surface area contributed by atoms with Crippen molar-refractivity contribution in [3.05, 3.63) is 44.5 Å². The highest BCUT2D eigenvalue weighted by Crippen LogP contribution is 2.29. The number of furan rings is 1. The fourth-order valence-corrected chi connectivity index (χ4v) is 3.26. The third-order valence-electron chi connectivity index (χ3n) is 3.36. The number of carbonyl (C=O) groups excluding carboxylic acids is 1. The molecule has 0 fully saturated rings. The lowest BCUT2D eigenvalue weighted by Gasteiger charge is -2.19. The number of carboxylic acid groups (broad SMARTS) is 1. The second-order valence-electron chi connectivity index (χ2n) is 5.05. The highest BCUT2D eigenvalue weighted by Gasteiger charge is 2.22. The first-order chi connectivity index (χ1) is 10.3. The second kappa shape index (κ2) is 6.54. The Labute approximate surface area is 137 Å². The van der Waals surface area contributed by atoms with Crippen molar-refractivity contribution in [2.75, 3.05) is 7.05 Å². The number of amides is 1. The number of hydrogen-bond donors (Lipinski definition) is 1. The molecule has 0 bridgehead atoms. The summed E-state index contributed by atoms with van der Waals surface area (Å²) in [4.78, 5) is 25.8. The predicted octanol–water partition coefficient (Wildman–Crippen LogP) is 3.76. The third-order valence-corrected chi connectivity index (χ3v) is 4.77. The van der Waals surface area contributed by atoms with Crippen LogP contribution in [0, 0.1) is 6.92 Å². The Morgan fingerprint density at radius 3 is 2.64 bits per heavy atom. The van der Waals surface area contributed by atoms with Gasteiger partial charge in [-0.05, 0) is 32.0 Å². The van der Waals surface area contributed by atoms with E-state index in [9.17, 15) is 9.59 Å². The molecule has 1 unspecified atom stereocenters. The van der Waals surface area contributed by atoms with Crippen molar-refractivity contribution < 1.29 is 19.1 Å². The number of nitrogens with zero attached hydrogens (tertiary/aromatic N) is 1. The monoisotopic (exact) mass is 341 g/mol. The lowest BCUT2D eigenvalue weighted by molar-refractivity contribution is -0.131. The van der Waals surface area contributed by atoms with E-state index in [4.69, 9.17) is 21.1 Å². The van der Waals surface area contributed by atoms with E-state index in [1.54, 1.807) is 20.0 Å². The van der Waals surface area contributed by atoms with E-state index in [1.807, 2.05) is 13.0 Å². The summed E-state index contributed by atoms with van der Waals surface area (Å²) in [7, 11) is 1.66. The van der Waals surface area contributed by atoms with Gasteiger partial charge in [0.05, 0.1) is 16.8 Å². The molecule has 0 aliphatic carbocycles. The minimum atomic E-state index is -1.04. The molecule has 5 nitrogen and oxygen atoms in total. The predicted molar refractivity (Wildman–Crippen MR) is 84.6 cm³/mol. The molecule has 2 aromatic heterocycles. The van der Waals surface area contributed by atoms with Gasteiger partial charge in [0.2, 0.25) is 5.91 Å². The fraction of sp³-hybridized carbons (Fsp3) is 0.333. The van der Waals surface area contributed by atoms with Crippen LogP contribution in [0.3, 0.4) is 0 Å².